The maximum absolute atomic E-state index is 13.0. The minimum Gasteiger partial charge on any atom is -0.507 e. The topological polar surface area (TPSA) is 101 Å². The van der Waals surface area contributed by atoms with Gasteiger partial charge in [0.15, 0.2) is 0 Å². The minimum absolute atomic E-state index is 0.106. The van der Waals surface area contributed by atoms with Gasteiger partial charge in [-0.1, -0.05) is 41.9 Å². The van der Waals surface area contributed by atoms with Gasteiger partial charge in [0.25, 0.3) is 17.4 Å². The van der Waals surface area contributed by atoms with Gasteiger partial charge in [-0.2, -0.15) is 0 Å². The molecule has 154 valence electrons. The van der Waals surface area contributed by atoms with Crippen LogP contribution < -0.4 is 4.90 Å². The van der Waals surface area contributed by atoms with Gasteiger partial charge in [-0.3, -0.25) is 24.6 Å². The van der Waals surface area contributed by atoms with Crippen molar-refractivity contribution < 1.29 is 19.6 Å². The number of ketones is 1. The quantitative estimate of drug-likeness (QED) is 0.207. The lowest BCUT2D eigenvalue weighted by Gasteiger charge is -2.25. The first kappa shape index (κ1) is 20.3. The average molecular weight is 435 g/mol. The second kappa shape index (κ2) is 8.04. The van der Waals surface area contributed by atoms with Crippen molar-refractivity contribution in [2.24, 2.45) is 0 Å². The first-order chi connectivity index (χ1) is 14.9. The van der Waals surface area contributed by atoms with Crippen LogP contribution in [0.15, 0.2) is 84.4 Å². The van der Waals surface area contributed by atoms with Crippen LogP contribution in [0.2, 0.25) is 5.02 Å². The summed E-state index contributed by atoms with van der Waals surface area (Å²) in [6, 6.07) is 19.5. The molecule has 0 bridgehead atoms. The highest BCUT2D eigenvalue weighted by Crippen LogP contribution is 2.42. The number of non-ortho nitro benzene ring substituents is 1. The molecule has 1 heterocycles. The monoisotopic (exact) mass is 434 g/mol. The summed E-state index contributed by atoms with van der Waals surface area (Å²) in [5, 5.41) is 22.4. The number of para-hydroxylation sites is 1. The Morgan fingerprint density at radius 1 is 0.935 bits per heavy atom. The maximum atomic E-state index is 13.0. The third-order valence-electron chi connectivity index (χ3n) is 5.02. The summed E-state index contributed by atoms with van der Waals surface area (Å²) in [7, 11) is 0. The van der Waals surface area contributed by atoms with E-state index in [4.69, 9.17) is 11.6 Å². The Labute approximate surface area is 182 Å². The highest BCUT2D eigenvalue weighted by Gasteiger charge is 2.46. The van der Waals surface area contributed by atoms with Crippen LogP contribution in [-0.2, 0) is 9.59 Å². The van der Waals surface area contributed by atoms with Gasteiger partial charge in [-0.15, -0.1) is 0 Å². The second-order valence-electron chi connectivity index (χ2n) is 6.86. The molecule has 3 aromatic rings. The Morgan fingerprint density at radius 2 is 1.55 bits per heavy atom. The van der Waals surface area contributed by atoms with Gasteiger partial charge >= 0.3 is 0 Å². The number of Topliss-reactive ketones (excluding diaryl/α,β-unsaturated/α-hetero) is 1. The summed E-state index contributed by atoms with van der Waals surface area (Å²) >= 11 is 6.00. The molecule has 7 nitrogen and oxygen atoms in total. The zero-order valence-electron chi connectivity index (χ0n) is 15.9. The number of anilines is 1. The molecule has 0 radical (unpaired) electrons. The standard InChI is InChI=1S/C23H15ClN2O5/c24-16-10-6-14(7-11-16)20-19(21(27)15-8-12-18(13-9-15)26(30)31)22(28)23(29)25(20)17-4-2-1-3-5-17/h1-13,20,27H/b21-19+. The van der Waals surface area contributed by atoms with E-state index in [1.165, 1.54) is 29.2 Å². The van der Waals surface area contributed by atoms with Crippen molar-refractivity contribution in [3.63, 3.8) is 0 Å². The van der Waals surface area contributed by atoms with Crippen LogP contribution in [0.4, 0.5) is 11.4 Å². The van der Waals surface area contributed by atoms with Gasteiger partial charge in [0.05, 0.1) is 16.5 Å². The lowest BCUT2D eigenvalue weighted by Crippen LogP contribution is -2.29. The molecular weight excluding hydrogens is 420 g/mol. The smallest absolute Gasteiger partial charge is 0.300 e. The van der Waals surface area contributed by atoms with E-state index in [1.54, 1.807) is 54.6 Å². The van der Waals surface area contributed by atoms with Gasteiger partial charge in [-0.25, -0.2) is 0 Å². The van der Waals surface area contributed by atoms with Gasteiger partial charge in [-0.05, 0) is 42.0 Å². The SMILES string of the molecule is O=C1C(=O)N(c2ccccc2)C(c2ccc(Cl)cc2)/C1=C(\O)c1ccc([N+](=O)[O-])cc1. The number of amides is 1. The molecule has 31 heavy (non-hydrogen) atoms. The van der Waals surface area contributed by atoms with Crippen molar-refractivity contribution in [2.45, 2.75) is 6.04 Å². The molecule has 1 aliphatic heterocycles. The van der Waals surface area contributed by atoms with Gasteiger partial charge in [0.1, 0.15) is 5.76 Å². The number of nitro benzene ring substituents is 1. The van der Waals surface area contributed by atoms with Gasteiger partial charge in [0.2, 0.25) is 0 Å². The molecule has 1 fully saturated rings. The van der Waals surface area contributed by atoms with Crippen molar-refractivity contribution in [3.05, 3.63) is 111 Å². The molecule has 0 aliphatic carbocycles. The molecule has 8 heteroatoms. The van der Waals surface area contributed by atoms with E-state index in [0.29, 0.717) is 16.3 Å². The van der Waals surface area contributed by atoms with Crippen LogP contribution in [-0.4, -0.2) is 21.7 Å². The van der Waals surface area contributed by atoms with E-state index in [2.05, 4.69) is 0 Å². The molecule has 0 aromatic heterocycles. The van der Waals surface area contributed by atoms with Gasteiger partial charge in [0, 0.05) is 28.4 Å². The number of rotatable bonds is 4. The molecule has 0 spiro atoms. The van der Waals surface area contributed by atoms with E-state index in [9.17, 15) is 24.8 Å². The molecule has 1 saturated heterocycles. The maximum Gasteiger partial charge on any atom is 0.300 e. The van der Waals surface area contributed by atoms with Crippen LogP contribution in [0.5, 0.6) is 0 Å². The molecule has 1 atom stereocenters. The predicted octanol–water partition coefficient (Wildman–Crippen LogP) is 4.87. The number of aliphatic hydroxyl groups excluding tert-OH is 1. The molecule has 1 N–H and O–H groups in total. The normalized spacial score (nSPS) is 17.7. The summed E-state index contributed by atoms with van der Waals surface area (Å²) in [6.07, 6.45) is 0. The summed E-state index contributed by atoms with van der Waals surface area (Å²) in [4.78, 5) is 37.6. The Bertz CT molecular complexity index is 1200. The van der Waals surface area contributed by atoms with E-state index in [0.717, 1.165) is 0 Å². The van der Waals surface area contributed by atoms with Crippen molar-refractivity contribution in [3.8, 4) is 0 Å². The highest BCUT2D eigenvalue weighted by molar-refractivity contribution is 6.51. The molecule has 3 aromatic carbocycles. The summed E-state index contributed by atoms with van der Waals surface area (Å²) in [6.45, 7) is 0. The van der Waals surface area contributed by atoms with Gasteiger partial charge < -0.3 is 5.11 Å². The Kier molecular flexibility index (Phi) is 5.27. The average Bonchev–Trinajstić information content (AvgIpc) is 3.05. The molecule has 0 saturated carbocycles. The fraction of sp³-hybridized carbons (Fsp3) is 0.0435. The highest BCUT2D eigenvalue weighted by atomic mass is 35.5. The molecule has 4 rings (SSSR count). The van der Waals surface area contributed by atoms with Crippen LogP contribution in [0.25, 0.3) is 5.76 Å². The number of benzene rings is 3. The van der Waals surface area contributed by atoms with Crippen LogP contribution in [0.3, 0.4) is 0 Å². The fourth-order valence-corrected chi connectivity index (χ4v) is 3.67. The molecule has 1 aliphatic rings. The van der Waals surface area contributed by atoms with Crippen molar-refractivity contribution in [1.82, 2.24) is 0 Å². The number of nitrogens with zero attached hydrogens (tertiary/aromatic N) is 2. The van der Waals surface area contributed by atoms with Crippen molar-refractivity contribution >= 4 is 40.4 Å². The number of nitro groups is 1. The number of hydrogen-bond donors (Lipinski definition) is 1. The van der Waals surface area contributed by atoms with Crippen LogP contribution in [0, 0.1) is 10.1 Å². The van der Waals surface area contributed by atoms with Crippen molar-refractivity contribution in [2.75, 3.05) is 4.90 Å². The van der Waals surface area contributed by atoms with Crippen molar-refractivity contribution in [1.29, 1.82) is 0 Å². The Morgan fingerprint density at radius 3 is 2.13 bits per heavy atom. The van der Waals surface area contributed by atoms with E-state index in [1.807, 2.05) is 0 Å². The fourth-order valence-electron chi connectivity index (χ4n) is 3.54. The summed E-state index contributed by atoms with van der Waals surface area (Å²) < 4.78 is 0. The first-order valence-corrected chi connectivity index (χ1v) is 9.62. The number of aliphatic hydroxyl groups is 1. The molecule has 1 amide bonds. The van der Waals surface area contributed by atoms with E-state index >= 15 is 0 Å². The Hall–Kier alpha value is -3.97. The zero-order chi connectivity index (χ0) is 22.1. The first-order valence-electron chi connectivity index (χ1n) is 9.25. The zero-order valence-corrected chi connectivity index (χ0v) is 16.7. The molecule has 1 unspecified atom stereocenters. The van der Waals surface area contributed by atoms with E-state index < -0.39 is 28.4 Å². The molecular formula is C23H15ClN2O5. The lowest BCUT2D eigenvalue weighted by molar-refractivity contribution is -0.384. The van der Waals surface area contributed by atoms with Crippen LogP contribution in [0.1, 0.15) is 17.2 Å². The predicted molar refractivity (Wildman–Crippen MR) is 116 cm³/mol. The third-order valence-corrected chi connectivity index (χ3v) is 5.27. The Balaban J connectivity index is 1.91. The number of halogens is 1. The second-order valence-corrected chi connectivity index (χ2v) is 7.30. The number of carbonyl (C=O) groups is 2. The third kappa shape index (κ3) is 3.67. The minimum atomic E-state index is -0.894. The number of hydrogen-bond acceptors (Lipinski definition) is 5. The summed E-state index contributed by atoms with van der Waals surface area (Å²) in [5.41, 5.74) is 0.999. The van der Waals surface area contributed by atoms with E-state index in [-0.39, 0.29) is 16.8 Å². The van der Waals surface area contributed by atoms with Crippen LogP contribution >= 0.6 is 11.6 Å². The number of carbonyl (C=O) groups excluding carboxylic acids is 2. The lowest BCUT2D eigenvalue weighted by atomic mass is 9.95. The largest absolute Gasteiger partial charge is 0.507 e. The summed E-state index contributed by atoms with van der Waals surface area (Å²) in [5.74, 6) is -2.04.